The Morgan fingerprint density at radius 3 is 2.55 bits per heavy atom. The van der Waals surface area contributed by atoms with Crippen LogP contribution in [0.25, 0.3) is 5.76 Å². The maximum Gasteiger partial charge on any atom is 0.344 e. The zero-order valence-electron chi connectivity index (χ0n) is 10.4. The molecule has 0 unspecified atom stereocenters. The van der Waals surface area contributed by atoms with Crippen molar-refractivity contribution < 1.29 is 19.4 Å². The summed E-state index contributed by atoms with van der Waals surface area (Å²) in [5, 5.41) is 9.37. The molecule has 0 spiro atoms. The maximum absolute atomic E-state index is 12.1. The number of benzene rings is 2. The van der Waals surface area contributed by atoms with Crippen LogP contribution < -0.4 is 0 Å². The lowest BCUT2D eigenvalue weighted by molar-refractivity contribution is 0.0715. The summed E-state index contributed by atoms with van der Waals surface area (Å²) in [6, 6.07) is 13.0. The van der Waals surface area contributed by atoms with Crippen molar-refractivity contribution in [3.8, 4) is 5.75 Å². The summed E-state index contributed by atoms with van der Waals surface area (Å²) in [7, 11) is 0. The molecule has 0 aromatic heterocycles. The molecule has 0 bridgehead atoms. The van der Waals surface area contributed by atoms with E-state index in [0.717, 1.165) is 0 Å². The van der Waals surface area contributed by atoms with Crippen LogP contribution in [0.1, 0.15) is 26.3 Å². The molecule has 3 rings (SSSR count). The molecule has 0 aliphatic carbocycles. The van der Waals surface area contributed by atoms with Crippen molar-refractivity contribution in [1.82, 2.24) is 0 Å². The molecule has 0 radical (unpaired) electrons. The SMILES string of the molecule is O=C(C=C1OC(=O)c2cc(O)ccc21)c1ccccc1. The monoisotopic (exact) mass is 266 g/mol. The van der Waals surface area contributed by atoms with Crippen LogP contribution in [0.15, 0.2) is 54.6 Å². The van der Waals surface area contributed by atoms with Crippen LogP contribution in [0.3, 0.4) is 0 Å². The Labute approximate surface area is 114 Å². The summed E-state index contributed by atoms with van der Waals surface area (Å²) < 4.78 is 5.07. The number of allylic oxidation sites excluding steroid dienone is 1. The fourth-order valence-electron chi connectivity index (χ4n) is 2.04. The fraction of sp³-hybridized carbons (Fsp3) is 0. The van der Waals surface area contributed by atoms with E-state index in [1.54, 1.807) is 30.3 Å². The minimum absolute atomic E-state index is 0.0173. The number of phenolic OH excluding ortho intramolecular Hbond substituents is 1. The van der Waals surface area contributed by atoms with Gasteiger partial charge in [0.25, 0.3) is 0 Å². The van der Waals surface area contributed by atoms with Gasteiger partial charge in [0, 0.05) is 17.2 Å². The van der Waals surface area contributed by atoms with Gasteiger partial charge in [0.1, 0.15) is 11.5 Å². The number of carbonyl (C=O) groups is 2. The second-order valence-electron chi connectivity index (χ2n) is 4.36. The van der Waals surface area contributed by atoms with Gasteiger partial charge in [-0.15, -0.1) is 0 Å². The van der Waals surface area contributed by atoms with E-state index in [9.17, 15) is 14.7 Å². The third-order valence-electron chi connectivity index (χ3n) is 3.01. The molecule has 0 atom stereocenters. The summed E-state index contributed by atoms with van der Waals surface area (Å²) in [5.74, 6) is -0.618. The number of rotatable bonds is 2. The van der Waals surface area contributed by atoms with Crippen molar-refractivity contribution in [3.05, 3.63) is 71.3 Å². The van der Waals surface area contributed by atoms with Gasteiger partial charge >= 0.3 is 5.97 Å². The lowest BCUT2D eigenvalue weighted by Gasteiger charge is -1.99. The second kappa shape index (κ2) is 4.66. The molecule has 0 saturated carbocycles. The summed E-state index contributed by atoms with van der Waals surface area (Å²) in [4.78, 5) is 23.7. The Balaban J connectivity index is 2.00. The number of phenols is 1. The van der Waals surface area contributed by atoms with Crippen LogP contribution >= 0.6 is 0 Å². The van der Waals surface area contributed by atoms with Crippen LogP contribution in [0.5, 0.6) is 5.75 Å². The summed E-state index contributed by atoms with van der Waals surface area (Å²) in [6.45, 7) is 0. The van der Waals surface area contributed by atoms with E-state index >= 15 is 0 Å². The number of esters is 1. The average Bonchev–Trinajstić information content (AvgIpc) is 2.76. The first-order chi connectivity index (χ1) is 9.65. The van der Waals surface area contributed by atoms with Gasteiger partial charge in [0.15, 0.2) is 5.78 Å². The first kappa shape index (κ1) is 12.2. The fourth-order valence-corrected chi connectivity index (χ4v) is 2.04. The second-order valence-corrected chi connectivity index (χ2v) is 4.36. The van der Waals surface area contributed by atoms with Crippen LogP contribution in [-0.4, -0.2) is 16.9 Å². The third-order valence-corrected chi connectivity index (χ3v) is 3.01. The topological polar surface area (TPSA) is 63.6 Å². The molecule has 4 nitrogen and oxygen atoms in total. The van der Waals surface area contributed by atoms with Gasteiger partial charge < -0.3 is 9.84 Å². The number of hydrogen-bond donors (Lipinski definition) is 1. The van der Waals surface area contributed by atoms with Crippen LogP contribution in [0, 0.1) is 0 Å². The number of fused-ring (bicyclic) bond motifs is 1. The average molecular weight is 266 g/mol. The molecule has 20 heavy (non-hydrogen) atoms. The molecular weight excluding hydrogens is 256 g/mol. The standard InChI is InChI=1S/C16H10O4/c17-11-6-7-12-13(8-11)16(19)20-15(12)9-14(18)10-4-2-1-3-5-10/h1-9,17H. The van der Waals surface area contributed by atoms with Gasteiger partial charge in [-0.25, -0.2) is 4.79 Å². The van der Waals surface area contributed by atoms with Crippen molar-refractivity contribution in [2.45, 2.75) is 0 Å². The van der Waals surface area contributed by atoms with Gasteiger partial charge in [0.05, 0.1) is 5.56 Å². The summed E-state index contributed by atoms with van der Waals surface area (Å²) in [5.41, 5.74) is 1.29. The molecule has 2 aromatic rings. The van der Waals surface area contributed by atoms with E-state index in [-0.39, 0.29) is 22.9 Å². The molecular formula is C16H10O4. The number of ketones is 1. The van der Waals surface area contributed by atoms with E-state index in [2.05, 4.69) is 0 Å². The van der Waals surface area contributed by atoms with Gasteiger partial charge in [-0.2, -0.15) is 0 Å². The number of cyclic esters (lactones) is 1. The molecule has 1 heterocycles. The normalized spacial score (nSPS) is 15.0. The zero-order valence-corrected chi connectivity index (χ0v) is 10.4. The minimum atomic E-state index is -0.567. The van der Waals surface area contributed by atoms with Crippen molar-refractivity contribution in [2.75, 3.05) is 0 Å². The lowest BCUT2D eigenvalue weighted by Crippen LogP contribution is -1.96. The molecule has 98 valence electrons. The molecule has 0 amide bonds. The first-order valence-electron chi connectivity index (χ1n) is 6.02. The van der Waals surface area contributed by atoms with Crippen molar-refractivity contribution in [2.24, 2.45) is 0 Å². The molecule has 4 heteroatoms. The molecule has 0 fully saturated rings. The highest BCUT2D eigenvalue weighted by molar-refractivity contribution is 6.12. The number of ether oxygens (including phenoxy) is 1. The Kier molecular flexibility index (Phi) is 2.84. The third kappa shape index (κ3) is 2.07. The van der Waals surface area contributed by atoms with Gasteiger partial charge in [0.2, 0.25) is 0 Å². The Morgan fingerprint density at radius 2 is 1.80 bits per heavy atom. The Hall–Kier alpha value is -2.88. The predicted molar refractivity (Wildman–Crippen MR) is 72.3 cm³/mol. The summed E-state index contributed by atoms with van der Waals surface area (Å²) in [6.07, 6.45) is 1.29. The van der Waals surface area contributed by atoms with E-state index < -0.39 is 5.97 Å². The highest BCUT2D eigenvalue weighted by Crippen LogP contribution is 2.32. The van der Waals surface area contributed by atoms with Gasteiger partial charge in [-0.05, 0) is 18.2 Å². The highest BCUT2D eigenvalue weighted by atomic mass is 16.5. The molecule has 1 aliphatic rings. The number of hydrogen-bond acceptors (Lipinski definition) is 4. The van der Waals surface area contributed by atoms with Crippen molar-refractivity contribution in [3.63, 3.8) is 0 Å². The molecule has 2 aromatic carbocycles. The Bertz CT molecular complexity index is 729. The smallest absolute Gasteiger partial charge is 0.344 e. The van der Waals surface area contributed by atoms with Gasteiger partial charge in [-0.1, -0.05) is 30.3 Å². The van der Waals surface area contributed by atoms with Crippen molar-refractivity contribution in [1.29, 1.82) is 0 Å². The molecule has 1 aliphatic heterocycles. The number of aromatic hydroxyl groups is 1. The quantitative estimate of drug-likeness (QED) is 0.515. The van der Waals surface area contributed by atoms with Gasteiger partial charge in [-0.3, -0.25) is 4.79 Å². The minimum Gasteiger partial charge on any atom is -0.508 e. The Morgan fingerprint density at radius 1 is 1.05 bits per heavy atom. The van der Waals surface area contributed by atoms with Crippen LogP contribution in [0.2, 0.25) is 0 Å². The van der Waals surface area contributed by atoms with Crippen molar-refractivity contribution >= 4 is 17.5 Å². The number of carbonyl (C=O) groups excluding carboxylic acids is 2. The predicted octanol–water partition coefficient (Wildman–Crippen LogP) is 2.79. The van der Waals surface area contributed by atoms with E-state index in [1.807, 2.05) is 6.07 Å². The van der Waals surface area contributed by atoms with Crippen LogP contribution in [0.4, 0.5) is 0 Å². The largest absolute Gasteiger partial charge is 0.508 e. The first-order valence-corrected chi connectivity index (χ1v) is 6.02. The highest BCUT2D eigenvalue weighted by Gasteiger charge is 2.27. The summed E-state index contributed by atoms with van der Waals surface area (Å²) >= 11 is 0. The van der Waals surface area contributed by atoms with Crippen LogP contribution in [-0.2, 0) is 4.74 Å². The van der Waals surface area contributed by atoms with E-state index in [1.165, 1.54) is 18.2 Å². The maximum atomic E-state index is 12.1. The zero-order chi connectivity index (χ0) is 14.1. The molecule has 1 N–H and O–H groups in total. The van der Waals surface area contributed by atoms with E-state index in [0.29, 0.717) is 11.1 Å². The van der Waals surface area contributed by atoms with E-state index in [4.69, 9.17) is 4.74 Å². The lowest BCUT2D eigenvalue weighted by atomic mass is 10.1. The molecule has 0 saturated heterocycles.